The Morgan fingerprint density at radius 1 is 1.31 bits per heavy atom. The van der Waals surface area contributed by atoms with E-state index in [0.717, 1.165) is 0 Å². The van der Waals surface area contributed by atoms with E-state index >= 15 is 0 Å². The van der Waals surface area contributed by atoms with Crippen molar-refractivity contribution < 1.29 is 33.0 Å². The molecule has 0 radical (unpaired) electrons. The molecule has 1 aromatic rings. The van der Waals surface area contributed by atoms with Gasteiger partial charge in [0.05, 0.1) is 39.0 Å². The quantitative estimate of drug-likeness (QED) is 0.439. The molecule has 0 saturated carbocycles. The molecule has 0 amide bonds. The Bertz CT molecular complexity index is 669. The number of hydrogen-bond donors (Lipinski definition) is 1. The van der Waals surface area contributed by atoms with Gasteiger partial charge in [0.15, 0.2) is 0 Å². The van der Waals surface area contributed by atoms with Gasteiger partial charge in [-0.25, -0.2) is 0 Å². The van der Waals surface area contributed by atoms with Crippen LogP contribution >= 0.6 is 0 Å². The first-order valence-electron chi connectivity index (χ1n) is 8.21. The van der Waals surface area contributed by atoms with Crippen LogP contribution in [-0.2, 0) is 28.6 Å². The summed E-state index contributed by atoms with van der Waals surface area (Å²) >= 11 is 0. The molecule has 26 heavy (non-hydrogen) atoms. The fourth-order valence-electron chi connectivity index (χ4n) is 3.50. The van der Waals surface area contributed by atoms with E-state index in [2.05, 4.69) is 11.9 Å². The lowest BCUT2D eigenvalue weighted by Crippen LogP contribution is -2.56. The number of carbonyl (C=O) groups excluding carboxylic acids is 3. The van der Waals surface area contributed by atoms with E-state index in [9.17, 15) is 14.4 Å². The first-order chi connectivity index (χ1) is 12.5. The van der Waals surface area contributed by atoms with Crippen molar-refractivity contribution >= 4 is 17.9 Å². The number of carbonyl (C=O) groups is 3. The average Bonchev–Trinajstić information content (AvgIpc) is 3.27. The number of methoxy groups -OCH3 is 2. The Labute approximate surface area is 151 Å². The van der Waals surface area contributed by atoms with Crippen molar-refractivity contribution in [1.82, 2.24) is 5.32 Å². The third kappa shape index (κ3) is 3.24. The van der Waals surface area contributed by atoms with Crippen LogP contribution in [0.1, 0.15) is 25.1 Å². The van der Waals surface area contributed by atoms with E-state index in [1.807, 2.05) is 0 Å². The molecular formula is C18H23NO7. The van der Waals surface area contributed by atoms with Crippen molar-refractivity contribution in [2.45, 2.75) is 24.9 Å². The van der Waals surface area contributed by atoms with Gasteiger partial charge in [-0.15, -0.1) is 6.58 Å². The summed E-state index contributed by atoms with van der Waals surface area (Å²) in [6.07, 6.45) is 2.98. The zero-order valence-electron chi connectivity index (χ0n) is 15.0. The minimum atomic E-state index is -1.53. The SMILES string of the molecule is C=CC[C@@]1(C(=O)OCC)N[C@H](c2ccco2)[C@H](C(=O)OC)[C@H]1C(=O)OC. The molecule has 8 nitrogen and oxygen atoms in total. The Kier molecular flexibility index (Phi) is 6.20. The minimum absolute atomic E-state index is 0.0519. The molecule has 1 N–H and O–H groups in total. The maximum absolute atomic E-state index is 12.8. The van der Waals surface area contributed by atoms with E-state index in [-0.39, 0.29) is 13.0 Å². The molecule has 8 heteroatoms. The molecule has 2 rings (SSSR count). The molecule has 1 saturated heterocycles. The third-order valence-corrected chi connectivity index (χ3v) is 4.55. The number of ether oxygens (including phenoxy) is 3. The van der Waals surface area contributed by atoms with Crippen LogP contribution in [0.25, 0.3) is 0 Å². The lowest BCUT2D eigenvalue weighted by atomic mass is 9.76. The van der Waals surface area contributed by atoms with Gasteiger partial charge >= 0.3 is 17.9 Å². The zero-order valence-corrected chi connectivity index (χ0v) is 15.0. The Balaban J connectivity index is 2.64. The van der Waals surface area contributed by atoms with Crippen molar-refractivity contribution in [3.05, 3.63) is 36.8 Å². The second-order valence-corrected chi connectivity index (χ2v) is 5.87. The molecular weight excluding hydrogens is 342 g/mol. The highest BCUT2D eigenvalue weighted by atomic mass is 16.5. The summed E-state index contributed by atoms with van der Waals surface area (Å²) in [4.78, 5) is 38.0. The summed E-state index contributed by atoms with van der Waals surface area (Å²) in [5, 5.41) is 3.08. The summed E-state index contributed by atoms with van der Waals surface area (Å²) in [5.74, 6) is -3.88. The fraction of sp³-hybridized carbons (Fsp3) is 0.500. The summed E-state index contributed by atoms with van der Waals surface area (Å²) in [5.41, 5.74) is -1.53. The van der Waals surface area contributed by atoms with Crippen molar-refractivity contribution in [2.75, 3.05) is 20.8 Å². The fourth-order valence-corrected chi connectivity index (χ4v) is 3.50. The van der Waals surface area contributed by atoms with E-state index in [4.69, 9.17) is 18.6 Å². The van der Waals surface area contributed by atoms with Gasteiger partial charge in [-0.1, -0.05) is 6.08 Å². The van der Waals surface area contributed by atoms with Crippen molar-refractivity contribution in [3.8, 4) is 0 Å². The molecule has 1 aliphatic heterocycles. The molecule has 0 spiro atoms. The van der Waals surface area contributed by atoms with Crippen LogP contribution in [0.2, 0.25) is 0 Å². The van der Waals surface area contributed by atoms with Crippen molar-refractivity contribution in [1.29, 1.82) is 0 Å². The average molecular weight is 365 g/mol. The molecule has 0 unspecified atom stereocenters. The van der Waals surface area contributed by atoms with Gasteiger partial charge in [0.2, 0.25) is 0 Å². The lowest BCUT2D eigenvalue weighted by molar-refractivity contribution is -0.165. The molecule has 4 atom stereocenters. The lowest BCUT2D eigenvalue weighted by Gasteiger charge is -2.31. The molecule has 1 aromatic heterocycles. The van der Waals surface area contributed by atoms with Crippen LogP contribution in [0.5, 0.6) is 0 Å². The number of rotatable bonds is 7. The highest BCUT2D eigenvalue weighted by molar-refractivity contribution is 5.94. The van der Waals surface area contributed by atoms with Crippen LogP contribution in [0.15, 0.2) is 35.5 Å². The highest BCUT2D eigenvalue weighted by Crippen LogP contribution is 2.46. The predicted octanol–water partition coefficient (Wildman–Crippen LogP) is 1.38. The van der Waals surface area contributed by atoms with Gasteiger partial charge in [0.1, 0.15) is 17.2 Å². The second kappa shape index (κ2) is 8.18. The summed E-state index contributed by atoms with van der Waals surface area (Å²) in [6, 6.07) is 2.53. The summed E-state index contributed by atoms with van der Waals surface area (Å²) in [6.45, 7) is 5.44. The first-order valence-corrected chi connectivity index (χ1v) is 8.21. The number of furan rings is 1. The Morgan fingerprint density at radius 3 is 2.50 bits per heavy atom. The molecule has 0 aliphatic carbocycles. The highest BCUT2D eigenvalue weighted by Gasteiger charge is 2.64. The molecule has 142 valence electrons. The van der Waals surface area contributed by atoms with Gasteiger partial charge < -0.3 is 18.6 Å². The zero-order chi connectivity index (χ0) is 19.3. The van der Waals surface area contributed by atoms with Crippen molar-refractivity contribution in [2.24, 2.45) is 11.8 Å². The normalized spacial score (nSPS) is 27.6. The molecule has 0 aromatic carbocycles. The number of nitrogens with one attached hydrogen (secondary N) is 1. The van der Waals surface area contributed by atoms with Gasteiger partial charge in [-0.2, -0.15) is 0 Å². The van der Waals surface area contributed by atoms with Crippen LogP contribution in [0.4, 0.5) is 0 Å². The largest absolute Gasteiger partial charge is 0.469 e. The van der Waals surface area contributed by atoms with Gasteiger partial charge in [0.25, 0.3) is 0 Å². The van der Waals surface area contributed by atoms with E-state index in [0.29, 0.717) is 5.76 Å². The second-order valence-electron chi connectivity index (χ2n) is 5.87. The van der Waals surface area contributed by atoms with Crippen molar-refractivity contribution in [3.63, 3.8) is 0 Å². The number of hydrogen-bond acceptors (Lipinski definition) is 8. The summed E-state index contributed by atoms with van der Waals surface area (Å²) in [7, 11) is 2.41. The van der Waals surface area contributed by atoms with E-state index < -0.39 is 41.3 Å². The molecule has 1 aliphatic rings. The molecule has 2 heterocycles. The predicted molar refractivity (Wildman–Crippen MR) is 89.8 cm³/mol. The maximum atomic E-state index is 12.8. The van der Waals surface area contributed by atoms with Gasteiger partial charge in [-0.05, 0) is 25.5 Å². The smallest absolute Gasteiger partial charge is 0.327 e. The Morgan fingerprint density at radius 2 is 2.00 bits per heavy atom. The maximum Gasteiger partial charge on any atom is 0.327 e. The number of esters is 3. The first kappa shape index (κ1) is 19.7. The van der Waals surface area contributed by atoms with Crippen LogP contribution in [0.3, 0.4) is 0 Å². The molecule has 1 fully saturated rings. The topological polar surface area (TPSA) is 104 Å². The summed E-state index contributed by atoms with van der Waals surface area (Å²) < 4.78 is 20.4. The van der Waals surface area contributed by atoms with Gasteiger partial charge in [-0.3, -0.25) is 19.7 Å². The van der Waals surface area contributed by atoms with E-state index in [1.54, 1.807) is 19.1 Å². The minimum Gasteiger partial charge on any atom is -0.469 e. The van der Waals surface area contributed by atoms with E-state index in [1.165, 1.54) is 26.6 Å². The van der Waals surface area contributed by atoms with Crippen LogP contribution in [-0.4, -0.2) is 44.3 Å². The monoisotopic (exact) mass is 365 g/mol. The van der Waals surface area contributed by atoms with Crippen LogP contribution < -0.4 is 5.32 Å². The van der Waals surface area contributed by atoms with Gasteiger partial charge in [0, 0.05) is 0 Å². The standard InChI is InChI=1S/C18H23NO7/c1-5-9-18(17(22)25-6-2)13(16(21)24-4)12(15(20)23-3)14(19-18)11-8-7-10-26-11/h5,7-8,10,12-14,19H,1,6,9H2,2-4H3/t12-,13+,14-,18-/m1/s1. The molecule has 0 bridgehead atoms. The third-order valence-electron chi connectivity index (χ3n) is 4.55. The van der Waals surface area contributed by atoms with Crippen LogP contribution in [0, 0.1) is 11.8 Å². The Hall–Kier alpha value is -2.61.